The minimum Gasteiger partial charge on any atom is -0.479 e. The van der Waals surface area contributed by atoms with Crippen molar-refractivity contribution in [2.75, 3.05) is 5.32 Å². The van der Waals surface area contributed by atoms with Crippen molar-refractivity contribution in [2.45, 2.75) is 39.8 Å². The molecule has 2 aromatic rings. The summed E-state index contributed by atoms with van der Waals surface area (Å²) in [5.41, 5.74) is 4.28. The predicted octanol–water partition coefficient (Wildman–Crippen LogP) is 4.27. The molecule has 0 saturated heterocycles. The van der Waals surface area contributed by atoms with Gasteiger partial charge in [-0.1, -0.05) is 30.3 Å². The number of ether oxygens (including phenoxy) is 1. The van der Waals surface area contributed by atoms with E-state index in [1.165, 1.54) is 5.56 Å². The van der Waals surface area contributed by atoms with Crippen LogP contribution in [0.4, 0.5) is 5.69 Å². The zero-order chi connectivity index (χ0) is 15.9. The molecule has 0 saturated carbocycles. The van der Waals surface area contributed by atoms with Crippen LogP contribution in [0.3, 0.4) is 0 Å². The maximum atomic E-state index is 12.5. The second kappa shape index (κ2) is 5.16. The molecular formula is C19H21NO2. The summed E-state index contributed by atoms with van der Waals surface area (Å²) in [5.74, 6) is 0.783. The van der Waals surface area contributed by atoms with Crippen molar-refractivity contribution in [3.63, 3.8) is 0 Å². The molecule has 3 nitrogen and oxygen atoms in total. The maximum Gasteiger partial charge on any atom is 0.209 e. The van der Waals surface area contributed by atoms with Crippen LogP contribution in [-0.2, 0) is 6.54 Å². The van der Waals surface area contributed by atoms with Gasteiger partial charge in [0.05, 0.1) is 5.56 Å². The molecule has 0 spiro atoms. The Balaban J connectivity index is 1.93. The summed E-state index contributed by atoms with van der Waals surface area (Å²) in [4.78, 5) is 12.5. The van der Waals surface area contributed by atoms with E-state index in [0.29, 0.717) is 5.56 Å². The highest BCUT2D eigenvalue weighted by molar-refractivity contribution is 6.08. The zero-order valence-electron chi connectivity index (χ0n) is 13.5. The highest BCUT2D eigenvalue weighted by Gasteiger charge is 2.41. The van der Waals surface area contributed by atoms with E-state index in [1.807, 2.05) is 45.0 Å². The summed E-state index contributed by atoms with van der Waals surface area (Å²) in [6, 6.07) is 12.2. The molecule has 0 aromatic heterocycles. The minimum absolute atomic E-state index is 0.0494. The van der Waals surface area contributed by atoms with Crippen molar-refractivity contribution < 1.29 is 9.53 Å². The van der Waals surface area contributed by atoms with E-state index in [9.17, 15) is 4.79 Å². The summed E-state index contributed by atoms with van der Waals surface area (Å²) in [5, 5.41) is 3.44. The summed E-state index contributed by atoms with van der Waals surface area (Å²) in [7, 11) is 0. The number of hydrogen-bond acceptors (Lipinski definition) is 3. The van der Waals surface area contributed by atoms with Gasteiger partial charge < -0.3 is 10.1 Å². The normalized spacial score (nSPS) is 15.4. The van der Waals surface area contributed by atoms with E-state index in [4.69, 9.17) is 4.74 Å². The molecule has 3 rings (SSSR count). The topological polar surface area (TPSA) is 38.3 Å². The van der Waals surface area contributed by atoms with E-state index in [0.717, 1.165) is 29.1 Å². The van der Waals surface area contributed by atoms with E-state index >= 15 is 0 Å². The Morgan fingerprint density at radius 1 is 1.09 bits per heavy atom. The van der Waals surface area contributed by atoms with Crippen molar-refractivity contribution in [3.8, 4) is 5.75 Å². The van der Waals surface area contributed by atoms with Crippen molar-refractivity contribution >= 4 is 11.5 Å². The number of ketones is 1. The van der Waals surface area contributed by atoms with Gasteiger partial charge in [0.25, 0.3) is 0 Å². The van der Waals surface area contributed by atoms with Gasteiger partial charge in [0.2, 0.25) is 5.78 Å². The quantitative estimate of drug-likeness (QED) is 0.919. The molecule has 0 bridgehead atoms. The number of benzene rings is 2. The van der Waals surface area contributed by atoms with Crippen LogP contribution in [0, 0.1) is 13.8 Å². The molecule has 0 amide bonds. The number of carbonyl (C=O) groups is 1. The highest BCUT2D eigenvalue weighted by atomic mass is 16.5. The van der Waals surface area contributed by atoms with Crippen LogP contribution in [0.25, 0.3) is 0 Å². The lowest BCUT2D eigenvalue weighted by Gasteiger charge is -2.17. The molecule has 22 heavy (non-hydrogen) atoms. The molecule has 1 heterocycles. The van der Waals surface area contributed by atoms with Gasteiger partial charge in [0.15, 0.2) is 5.60 Å². The third-order valence-corrected chi connectivity index (χ3v) is 4.31. The van der Waals surface area contributed by atoms with Crippen LogP contribution in [0.1, 0.15) is 40.9 Å². The third-order valence-electron chi connectivity index (χ3n) is 4.31. The Kier molecular flexibility index (Phi) is 3.44. The largest absolute Gasteiger partial charge is 0.479 e. The molecule has 0 fully saturated rings. The van der Waals surface area contributed by atoms with E-state index in [-0.39, 0.29) is 5.78 Å². The van der Waals surface area contributed by atoms with Gasteiger partial charge in [0, 0.05) is 12.2 Å². The molecule has 1 aliphatic heterocycles. The zero-order valence-corrected chi connectivity index (χ0v) is 13.5. The number of hydrogen-bond donors (Lipinski definition) is 1. The smallest absolute Gasteiger partial charge is 0.209 e. The number of Topliss-reactive ketones (excluding diaryl/α,β-unsaturated/α-hetero) is 1. The van der Waals surface area contributed by atoms with Crippen molar-refractivity contribution in [3.05, 3.63) is 58.7 Å². The van der Waals surface area contributed by atoms with Crippen molar-refractivity contribution in [2.24, 2.45) is 0 Å². The molecule has 0 radical (unpaired) electrons. The Hall–Kier alpha value is -2.29. The molecule has 1 aliphatic rings. The SMILES string of the molecule is Cc1c(NCc2ccccc2)cc2c(c1C)OC(C)(C)C2=O. The Morgan fingerprint density at radius 3 is 2.45 bits per heavy atom. The lowest BCUT2D eigenvalue weighted by atomic mass is 9.96. The van der Waals surface area contributed by atoms with Crippen LogP contribution in [0.2, 0.25) is 0 Å². The first-order valence-electron chi connectivity index (χ1n) is 7.56. The van der Waals surface area contributed by atoms with E-state index in [1.54, 1.807) is 0 Å². The molecule has 0 aliphatic carbocycles. The Morgan fingerprint density at radius 2 is 1.77 bits per heavy atom. The third kappa shape index (κ3) is 2.37. The number of rotatable bonds is 3. The standard InChI is InChI=1S/C19H21NO2/c1-12-13(2)17-15(18(21)19(3,4)22-17)10-16(12)20-11-14-8-6-5-7-9-14/h5-10,20H,11H2,1-4H3. The summed E-state index contributed by atoms with van der Waals surface area (Å²) >= 11 is 0. The monoisotopic (exact) mass is 295 g/mol. The molecule has 114 valence electrons. The van der Waals surface area contributed by atoms with Crippen molar-refractivity contribution in [1.82, 2.24) is 0 Å². The molecule has 1 N–H and O–H groups in total. The number of anilines is 1. The van der Waals surface area contributed by atoms with Crippen LogP contribution < -0.4 is 10.1 Å². The lowest BCUT2D eigenvalue weighted by Crippen LogP contribution is -2.32. The molecule has 2 aromatic carbocycles. The molecule has 0 atom stereocenters. The first-order chi connectivity index (χ1) is 10.4. The second-order valence-corrected chi connectivity index (χ2v) is 6.33. The van der Waals surface area contributed by atoms with Gasteiger partial charge in [0.1, 0.15) is 5.75 Å². The summed E-state index contributed by atoms with van der Waals surface area (Å²) < 4.78 is 5.86. The van der Waals surface area contributed by atoms with Gasteiger partial charge in [-0.3, -0.25) is 4.79 Å². The van der Waals surface area contributed by atoms with Gasteiger partial charge in [-0.15, -0.1) is 0 Å². The van der Waals surface area contributed by atoms with E-state index in [2.05, 4.69) is 24.4 Å². The number of carbonyl (C=O) groups excluding carboxylic acids is 1. The molecule has 3 heteroatoms. The summed E-state index contributed by atoms with van der Waals surface area (Å²) in [6.07, 6.45) is 0. The Bertz CT molecular complexity index is 733. The van der Waals surface area contributed by atoms with E-state index < -0.39 is 5.60 Å². The summed E-state index contributed by atoms with van der Waals surface area (Å²) in [6.45, 7) is 8.44. The minimum atomic E-state index is -0.766. The molecule has 0 unspecified atom stereocenters. The average molecular weight is 295 g/mol. The van der Waals surface area contributed by atoms with Gasteiger partial charge in [-0.25, -0.2) is 0 Å². The Labute approximate surface area is 131 Å². The average Bonchev–Trinajstić information content (AvgIpc) is 2.73. The van der Waals surface area contributed by atoms with Crippen LogP contribution in [0.5, 0.6) is 5.75 Å². The van der Waals surface area contributed by atoms with Crippen LogP contribution in [0.15, 0.2) is 36.4 Å². The van der Waals surface area contributed by atoms with Gasteiger partial charge >= 0.3 is 0 Å². The fourth-order valence-electron chi connectivity index (χ4n) is 2.80. The highest BCUT2D eigenvalue weighted by Crippen LogP contribution is 2.41. The lowest BCUT2D eigenvalue weighted by molar-refractivity contribution is 0.0683. The number of nitrogens with one attached hydrogen (secondary N) is 1. The van der Waals surface area contributed by atoms with Gasteiger partial charge in [-0.05, 0) is 50.5 Å². The number of fused-ring (bicyclic) bond motifs is 1. The van der Waals surface area contributed by atoms with Crippen molar-refractivity contribution in [1.29, 1.82) is 0 Å². The predicted molar refractivity (Wildman–Crippen MR) is 88.7 cm³/mol. The first-order valence-corrected chi connectivity index (χ1v) is 7.56. The molecular weight excluding hydrogens is 274 g/mol. The fourth-order valence-corrected chi connectivity index (χ4v) is 2.80. The maximum absolute atomic E-state index is 12.5. The van der Waals surface area contributed by atoms with Crippen LogP contribution in [-0.4, -0.2) is 11.4 Å². The second-order valence-electron chi connectivity index (χ2n) is 6.33. The van der Waals surface area contributed by atoms with Crippen LogP contribution >= 0.6 is 0 Å². The van der Waals surface area contributed by atoms with Gasteiger partial charge in [-0.2, -0.15) is 0 Å². The fraction of sp³-hybridized carbons (Fsp3) is 0.316. The first kappa shape index (κ1) is 14.6.